The van der Waals surface area contributed by atoms with E-state index in [0.717, 1.165) is 18.0 Å². The standard InChI is InChI=1S/C20H25NO2S/c1-4-5-6-7-12-21-17-10-8-15(22-2)13-19(17)24-20-14-16(23-3)9-11-18(20)21/h8-11,13-14H,4-7,12H2,1-3H3. The smallest absolute Gasteiger partial charge is 0.120 e. The number of ether oxygens (including phenoxy) is 2. The average molecular weight is 343 g/mol. The van der Waals surface area contributed by atoms with Crippen LogP contribution in [0.2, 0.25) is 0 Å². The lowest BCUT2D eigenvalue weighted by Crippen LogP contribution is -2.22. The van der Waals surface area contributed by atoms with Crippen LogP contribution in [0.1, 0.15) is 32.6 Å². The van der Waals surface area contributed by atoms with Crippen LogP contribution in [-0.2, 0) is 0 Å². The highest BCUT2D eigenvalue weighted by Gasteiger charge is 2.24. The molecule has 0 radical (unpaired) electrons. The number of unbranched alkanes of at least 4 members (excludes halogenated alkanes) is 3. The van der Waals surface area contributed by atoms with Crippen molar-refractivity contribution in [2.75, 3.05) is 25.7 Å². The van der Waals surface area contributed by atoms with Gasteiger partial charge in [-0.3, -0.25) is 0 Å². The molecule has 3 rings (SSSR count). The summed E-state index contributed by atoms with van der Waals surface area (Å²) in [6, 6.07) is 12.7. The molecule has 3 nitrogen and oxygen atoms in total. The van der Waals surface area contributed by atoms with Crippen LogP contribution in [-0.4, -0.2) is 20.8 Å². The van der Waals surface area contributed by atoms with Gasteiger partial charge in [-0.15, -0.1) is 0 Å². The lowest BCUT2D eigenvalue weighted by atomic mass is 10.1. The Balaban J connectivity index is 1.94. The first-order chi connectivity index (χ1) is 11.8. The zero-order valence-electron chi connectivity index (χ0n) is 14.7. The number of hydrogen-bond acceptors (Lipinski definition) is 4. The molecule has 0 N–H and O–H groups in total. The average Bonchev–Trinajstić information content (AvgIpc) is 2.63. The second-order valence-electron chi connectivity index (χ2n) is 5.98. The molecule has 4 heteroatoms. The number of nitrogens with zero attached hydrogens (tertiary/aromatic N) is 1. The van der Waals surface area contributed by atoms with Gasteiger partial charge in [-0.2, -0.15) is 0 Å². The molecule has 2 aromatic carbocycles. The third-order valence-electron chi connectivity index (χ3n) is 4.37. The van der Waals surface area contributed by atoms with E-state index in [9.17, 15) is 0 Å². The lowest BCUT2D eigenvalue weighted by Gasteiger charge is -2.33. The van der Waals surface area contributed by atoms with Gasteiger partial charge >= 0.3 is 0 Å². The van der Waals surface area contributed by atoms with Gasteiger partial charge in [0, 0.05) is 16.3 Å². The van der Waals surface area contributed by atoms with Gasteiger partial charge in [-0.25, -0.2) is 0 Å². The lowest BCUT2D eigenvalue weighted by molar-refractivity contribution is 0.413. The quantitative estimate of drug-likeness (QED) is 0.585. The molecule has 1 heterocycles. The summed E-state index contributed by atoms with van der Waals surface area (Å²) in [5.74, 6) is 1.80. The van der Waals surface area contributed by atoms with Crippen molar-refractivity contribution in [2.45, 2.75) is 42.4 Å². The third kappa shape index (κ3) is 3.48. The first kappa shape index (κ1) is 17.0. The second-order valence-corrected chi connectivity index (χ2v) is 7.07. The third-order valence-corrected chi connectivity index (χ3v) is 5.46. The number of hydrogen-bond donors (Lipinski definition) is 0. The predicted octanol–water partition coefficient (Wildman–Crippen LogP) is 5.89. The summed E-state index contributed by atoms with van der Waals surface area (Å²) in [6.45, 7) is 3.29. The van der Waals surface area contributed by atoms with Crippen molar-refractivity contribution in [1.29, 1.82) is 0 Å². The Kier molecular flexibility index (Phi) is 5.56. The highest BCUT2D eigenvalue weighted by atomic mass is 32.2. The molecular formula is C20H25NO2S. The molecule has 0 aliphatic carbocycles. The first-order valence-corrected chi connectivity index (χ1v) is 9.40. The topological polar surface area (TPSA) is 21.7 Å². The maximum absolute atomic E-state index is 5.40. The van der Waals surface area contributed by atoms with E-state index in [1.165, 1.54) is 46.8 Å². The van der Waals surface area contributed by atoms with Crippen molar-refractivity contribution in [1.82, 2.24) is 0 Å². The Labute approximate surface area is 149 Å². The number of rotatable bonds is 7. The van der Waals surface area contributed by atoms with Crippen LogP contribution in [0.5, 0.6) is 11.5 Å². The van der Waals surface area contributed by atoms with Gasteiger partial charge in [-0.1, -0.05) is 37.9 Å². The molecule has 0 atom stereocenters. The van der Waals surface area contributed by atoms with Crippen LogP contribution in [0.4, 0.5) is 11.4 Å². The summed E-state index contributed by atoms with van der Waals surface area (Å²) in [5.41, 5.74) is 2.55. The van der Waals surface area contributed by atoms with E-state index in [0.29, 0.717) is 0 Å². The molecule has 0 unspecified atom stereocenters. The summed E-state index contributed by atoms with van der Waals surface area (Å²) in [4.78, 5) is 4.92. The van der Waals surface area contributed by atoms with E-state index >= 15 is 0 Å². The highest BCUT2D eigenvalue weighted by molar-refractivity contribution is 7.99. The Morgan fingerprint density at radius 1 is 0.833 bits per heavy atom. The SMILES string of the molecule is CCCCCCN1c2ccc(OC)cc2Sc2cc(OC)ccc21. The van der Waals surface area contributed by atoms with Crippen LogP contribution in [0.15, 0.2) is 46.2 Å². The van der Waals surface area contributed by atoms with Crippen LogP contribution in [0, 0.1) is 0 Å². The van der Waals surface area contributed by atoms with Crippen LogP contribution < -0.4 is 14.4 Å². The Morgan fingerprint density at radius 2 is 1.42 bits per heavy atom. The van der Waals surface area contributed by atoms with Crippen molar-refractivity contribution < 1.29 is 9.47 Å². The second kappa shape index (κ2) is 7.84. The number of methoxy groups -OCH3 is 2. The molecule has 24 heavy (non-hydrogen) atoms. The molecule has 0 spiro atoms. The van der Waals surface area contributed by atoms with Gasteiger partial charge in [0.1, 0.15) is 11.5 Å². The van der Waals surface area contributed by atoms with Crippen LogP contribution in [0.3, 0.4) is 0 Å². The van der Waals surface area contributed by atoms with Crippen LogP contribution in [0.25, 0.3) is 0 Å². The van der Waals surface area contributed by atoms with Crippen molar-refractivity contribution in [2.24, 2.45) is 0 Å². The molecular weight excluding hydrogens is 318 g/mol. The van der Waals surface area contributed by atoms with E-state index in [1.807, 2.05) is 12.1 Å². The van der Waals surface area contributed by atoms with Gasteiger partial charge in [0.15, 0.2) is 0 Å². The summed E-state index contributed by atoms with van der Waals surface area (Å²) in [6.07, 6.45) is 5.04. The van der Waals surface area contributed by atoms with E-state index in [1.54, 1.807) is 26.0 Å². The summed E-state index contributed by atoms with van der Waals surface area (Å²) < 4.78 is 10.8. The first-order valence-electron chi connectivity index (χ1n) is 8.58. The number of fused-ring (bicyclic) bond motifs is 2. The van der Waals surface area contributed by atoms with Crippen molar-refractivity contribution in [3.05, 3.63) is 36.4 Å². The number of anilines is 2. The molecule has 0 saturated heterocycles. The fraction of sp³-hybridized carbons (Fsp3) is 0.400. The Bertz CT molecular complexity index is 649. The van der Waals surface area contributed by atoms with E-state index < -0.39 is 0 Å². The maximum atomic E-state index is 5.40. The highest BCUT2D eigenvalue weighted by Crippen LogP contribution is 2.50. The van der Waals surface area contributed by atoms with Gasteiger partial charge in [-0.05, 0) is 42.8 Å². The molecule has 1 aliphatic heterocycles. The molecule has 2 aromatic rings. The molecule has 0 aromatic heterocycles. The van der Waals surface area contributed by atoms with Crippen molar-refractivity contribution in [3.63, 3.8) is 0 Å². The van der Waals surface area contributed by atoms with Gasteiger partial charge in [0.2, 0.25) is 0 Å². The maximum Gasteiger partial charge on any atom is 0.120 e. The predicted molar refractivity (Wildman–Crippen MR) is 101 cm³/mol. The molecule has 0 fully saturated rings. The van der Waals surface area contributed by atoms with E-state index in [4.69, 9.17) is 9.47 Å². The van der Waals surface area contributed by atoms with Gasteiger partial charge in [0.25, 0.3) is 0 Å². The normalized spacial score (nSPS) is 12.5. The van der Waals surface area contributed by atoms with Crippen molar-refractivity contribution >= 4 is 23.1 Å². The Hall–Kier alpha value is -1.81. The monoisotopic (exact) mass is 343 g/mol. The zero-order valence-corrected chi connectivity index (χ0v) is 15.5. The molecule has 0 bridgehead atoms. The summed E-state index contributed by atoms with van der Waals surface area (Å²) >= 11 is 1.79. The Morgan fingerprint density at radius 3 is 1.92 bits per heavy atom. The largest absolute Gasteiger partial charge is 0.497 e. The molecule has 128 valence electrons. The fourth-order valence-electron chi connectivity index (χ4n) is 3.04. The minimum Gasteiger partial charge on any atom is -0.497 e. The van der Waals surface area contributed by atoms with E-state index in [-0.39, 0.29) is 0 Å². The summed E-state index contributed by atoms with van der Waals surface area (Å²) in [5, 5.41) is 0. The van der Waals surface area contributed by atoms with Gasteiger partial charge < -0.3 is 14.4 Å². The molecule has 0 saturated carbocycles. The molecule has 0 amide bonds. The molecule has 1 aliphatic rings. The van der Waals surface area contributed by atoms with Crippen LogP contribution >= 0.6 is 11.8 Å². The van der Waals surface area contributed by atoms with Gasteiger partial charge in [0.05, 0.1) is 25.6 Å². The minimum absolute atomic E-state index is 0.901. The van der Waals surface area contributed by atoms with Crippen molar-refractivity contribution in [3.8, 4) is 11.5 Å². The van der Waals surface area contributed by atoms with E-state index in [2.05, 4.69) is 36.1 Å². The number of benzene rings is 2. The minimum atomic E-state index is 0.901. The summed E-state index contributed by atoms with van der Waals surface area (Å²) in [7, 11) is 3.43. The fourth-order valence-corrected chi connectivity index (χ4v) is 4.19. The zero-order chi connectivity index (χ0) is 16.9.